The van der Waals surface area contributed by atoms with Crippen molar-refractivity contribution in [3.63, 3.8) is 0 Å². The minimum absolute atomic E-state index is 0.515. The number of aromatic amines is 1. The number of nitrogens with one attached hydrogen (secondary N) is 1. The van der Waals surface area contributed by atoms with E-state index in [1.807, 2.05) is 29.9 Å². The van der Waals surface area contributed by atoms with Gasteiger partial charge in [0.15, 0.2) is 0 Å². The molecular weight excluding hydrogens is 166 g/mol. The molecule has 0 spiro atoms. The molecule has 2 heterocycles. The van der Waals surface area contributed by atoms with E-state index >= 15 is 0 Å². The van der Waals surface area contributed by atoms with Crippen LogP contribution in [0.3, 0.4) is 0 Å². The Balaban J connectivity index is 2.19. The zero-order valence-corrected chi connectivity index (χ0v) is 7.18. The molecule has 0 amide bonds. The fraction of sp³-hybridized carbons (Fsp3) is 0.125. The Labute approximate surface area is 75.1 Å². The van der Waals surface area contributed by atoms with Crippen LogP contribution in [0.5, 0.6) is 0 Å². The van der Waals surface area contributed by atoms with Gasteiger partial charge in [0.25, 0.3) is 0 Å². The van der Waals surface area contributed by atoms with E-state index in [9.17, 15) is 0 Å². The molecule has 0 aromatic carbocycles. The Bertz CT molecular complexity index is 398. The lowest BCUT2D eigenvalue weighted by Gasteiger charge is -1.93. The second-order valence-corrected chi connectivity index (χ2v) is 2.61. The number of H-pyrrole nitrogens is 1. The van der Waals surface area contributed by atoms with Crippen molar-refractivity contribution in [1.29, 1.82) is 0 Å². The summed E-state index contributed by atoms with van der Waals surface area (Å²) in [5.41, 5.74) is 1.02. The lowest BCUT2D eigenvalue weighted by Crippen LogP contribution is -1.92. The highest BCUT2D eigenvalue weighted by Gasteiger charge is 1.92. The van der Waals surface area contributed by atoms with E-state index in [0.717, 1.165) is 5.69 Å². The molecule has 1 N–H and O–H groups in total. The Morgan fingerprint density at radius 2 is 2.54 bits per heavy atom. The predicted molar refractivity (Wildman–Crippen MR) is 49.0 cm³/mol. The van der Waals surface area contributed by atoms with Crippen LogP contribution in [0.1, 0.15) is 5.69 Å². The molecule has 0 saturated heterocycles. The Hall–Kier alpha value is -1.91. The van der Waals surface area contributed by atoms with Gasteiger partial charge >= 0.3 is 0 Å². The van der Waals surface area contributed by atoms with Crippen molar-refractivity contribution in [3.05, 3.63) is 30.4 Å². The molecule has 0 aliphatic heterocycles. The van der Waals surface area contributed by atoms with Crippen molar-refractivity contribution in [1.82, 2.24) is 19.7 Å². The van der Waals surface area contributed by atoms with Gasteiger partial charge in [-0.25, -0.2) is 10.1 Å². The van der Waals surface area contributed by atoms with Crippen LogP contribution >= 0.6 is 0 Å². The van der Waals surface area contributed by atoms with Gasteiger partial charge in [-0.3, -0.25) is 0 Å². The van der Waals surface area contributed by atoms with Crippen molar-refractivity contribution >= 4 is 12.2 Å². The van der Waals surface area contributed by atoms with Crippen LogP contribution in [0.2, 0.25) is 0 Å². The second kappa shape index (κ2) is 3.22. The zero-order valence-electron chi connectivity index (χ0n) is 7.18. The number of aryl methyl sites for hydroxylation is 1. The summed E-state index contributed by atoms with van der Waals surface area (Å²) in [5.74, 6) is 0.515. The van der Waals surface area contributed by atoms with E-state index in [1.165, 1.54) is 6.33 Å². The molecule has 66 valence electrons. The maximum absolute atomic E-state index is 4.09. The van der Waals surface area contributed by atoms with Crippen molar-refractivity contribution in [2.45, 2.75) is 0 Å². The van der Waals surface area contributed by atoms with E-state index in [1.54, 1.807) is 6.21 Å². The molecule has 0 radical (unpaired) electrons. The minimum atomic E-state index is 0.515. The predicted octanol–water partition coefficient (Wildman–Crippen LogP) is 0.894. The van der Waals surface area contributed by atoms with E-state index in [-0.39, 0.29) is 0 Å². The number of hydrogen-bond acceptors (Lipinski definition) is 3. The van der Waals surface area contributed by atoms with Crippen molar-refractivity contribution in [2.75, 3.05) is 0 Å². The van der Waals surface area contributed by atoms with Gasteiger partial charge in [-0.2, -0.15) is 10.1 Å². The van der Waals surface area contributed by atoms with Crippen LogP contribution < -0.4 is 0 Å². The molecule has 2 aromatic rings. The molecule has 0 unspecified atom stereocenters. The van der Waals surface area contributed by atoms with Crippen LogP contribution in [0.4, 0.5) is 5.95 Å². The average Bonchev–Trinajstić information content (AvgIpc) is 2.72. The monoisotopic (exact) mass is 175 g/mol. The molecule has 0 bridgehead atoms. The number of hydrogen-bond donors (Lipinski definition) is 1. The summed E-state index contributed by atoms with van der Waals surface area (Å²) in [7, 11) is 1.96. The first-order valence-corrected chi connectivity index (χ1v) is 3.87. The molecule has 0 atom stereocenters. The first-order chi connectivity index (χ1) is 6.36. The third kappa shape index (κ3) is 1.64. The van der Waals surface area contributed by atoms with E-state index in [2.05, 4.69) is 20.2 Å². The molecule has 2 aromatic heterocycles. The highest BCUT2D eigenvalue weighted by molar-refractivity contribution is 5.79. The number of aliphatic imine (C=N–C) groups is 1. The smallest absolute Gasteiger partial charge is 0.245 e. The molecular formula is C8H9N5. The van der Waals surface area contributed by atoms with Gasteiger partial charge < -0.3 is 4.57 Å². The molecule has 0 aliphatic carbocycles. The van der Waals surface area contributed by atoms with Gasteiger partial charge in [-0.15, -0.1) is 0 Å². The zero-order chi connectivity index (χ0) is 9.10. The van der Waals surface area contributed by atoms with Gasteiger partial charge in [0.05, 0.1) is 11.9 Å². The summed E-state index contributed by atoms with van der Waals surface area (Å²) in [6, 6.07) is 3.93. The number of rotatable bonds is 2. The van der Waals surface area contributed by atoms with Crippen molar-refractivity contribution in [2.24, 2.45) is 12.0 Å². The van der Waals surface area contributed by atoms with Crippen LogP contribution in [0, 0.1) is 0 Å². The maximum Gasteiger partial charge on any atom is 0.245 e. The Kier molecular flexibility index (Phi) is 1.91. The molecule has 5 nitrogen and oxygen atoms in total. The van der Waals surface area contributed by atoms with E-state index in [4.69, 9.17) is 0 Å². The van der Waals surface area contributed by atoms with Gasteiger partial charge in [-0.1, -0.05) is 0 Å². The minimum Gasteiger partial charge on any atom is -0.350 e. The number of nitrogens with zero attached hydrogens (tertiary/aromatic N) is 4. The normalized spacial score (nSPS) is 11.2. The Morgan fingerprint density at radius 1 is 1.62 bits per heavy atom. The standard InChI is InChI=1S/C8H9N5/c1-13-4-2-3-7(13)5-9-8-10-6-11-12-8/h2-6H,1H3,(H,10,11,12)/b9-5+. The highest BCUT2D eigenvalue weighted by atomic mass is 15.2. The van der Waals surface area contributed by atoms with Crippen LogP contribution in [-0.4, -0.2) is 26.0 Å². The van der Waals surface area contributed by atoms with Crippen LogP contribution in [0.15, 0.2) is 29.6 Å². The Morgan fingerprint density at radius 3 is 3.15 bits per heavy atom. The summed E-state index contributed by atoms with van der Waals surface area (Å²) in [4.78, 5) is 7.97. The molecule has 0 saturated carbocycles. The van der Waals surface area contributed by atoms with Crippen LogP contribution in [-0.2, 0) is 7.05 Å². The summed E-state index contributed by atoms with van der Waals surface area (Å²) >= 11 is 0. The summed E-state index contributed by atoms with van der Waals surface area (Å²) in [6.07, 6.45) is 5.12. The lowest BCUT2D eigenvalue weighted by molar-refractivity contribution is 0.918. The summed E-state index contributed by atoms with van der Waals surface area (Å²) < 4.78 is 1.97. The maximum atomic E-state index is 4.09. The largest absolute Gasteiger partial charge is 0.350 e. The first kappa shape index (κ1) is 7.72. The molecule has 0 aliphatic rings. The van der Waals surface area contributed by atoms with E-state index < -0.39 is 0 Å². The van der Waals surface area contributed by atoms with Gasteiger partial charge in [0.2, 0.25) is 5.95 Å². The van der Waals surface area contributed by atoms with Crippen molar-refractivity contribution < 1.29 is 0 Å². The quantitative estimate of drug-likeness (QED) is 0.689. The fourth-order valence-electron chi connectivity index (χ4n) is 0.997. The average molecular weight is 175 g/mol. The van der Waals surface area contributed by atoms with Crippen LogP contribution in [0.25, 0.3) is 0 Å². The van der Waals surface area contributed by atoms with Gasteiger partial charge in [0, 0.05) is 13.2 Å². The third-order valence-corrected chi connectivity index (χ3v) is 1.71. The third-order valence-electron chi connectivity index (χ3n) is 1.71. The van der Waals surface area contributed by atoms with Gasteiger partial charge in [0.1, 0.15) is 6.33 Å². The topological polar surface area (TPSA) is 58.9 Å². The van der Waals surface area contributed by atoms with E-state index in [0.29, 0.717) is 5.95 Å². The van der Waals surface area contributed by atoms with Gasteiger partial charge in [-0.05, 0) is 12.1 Å². The molecule has 13 heavy (non-hydrogen) atoms. The first-order valence-electron chi connectivity index (χ1n) is 3.87. The highest BCUT2D eigenvalue weighted by Crippen LogP contribution is 2.00. The molecule has 2 rings (SSSR count). The summed E-state index contributed by atoms with van der Waals surface area (Å²) in [5, 5.41) is 6.34. The number of aromatic nitrogens is 4. The van der Waals surface area contributed by atoms with Crippen molar-refractivity contribution in [3.8, 4) is 0 Å². The molecule has 0 fully saturated rings. The SMILES string of the molecule is Cn1cccc1/C=N/c1ncn[nH]1. The second-order valence-electron chi connectivity index (χ2n) is 2.61. The summed E-state index contributed by atoms with van der Waals surface area (Å²) in [6.45, 7) is 0. The lowest BCUT2D eigenvalue weighted by atomic mass is 10.5. The fourth-order valence-corrected chi connectivity index (χ4v) is 0.997. The molecule has 5 heteroatoms.